The zero-order valence-electron chi connectivity index (χ0n) is 16.3. The van der Waals surface area contributed by atoms with E-state index in [-0.39, 0.29) is 18.3 Å². The van der Waals surface area contributed by atoms with Crippen molar-refractivity contribution in [3.63, 3.8) is 0 Å². The Morgan fingerprint density at radius 2 is 2.00 bits per heavy atom. The van der Waals surface area contributed by atoms with Crippen molar-refractivity contribution in [1.29, 1.82) is 0 Å². The van der Waals surface area contributed by atoms with Gasteiger partial charge in [0, 0.05) is 11.8 Å². The lowest BCUT2D eigenvalue weighted by Gasteiger charge is -2.12. The molecule has 0 fully saturated rings. The second-order valence-electron chi connectivity index (χ2n) is 6.55. The number of hydrogen-bond donors (Lipinski definition) is 0. The molecule has 2 aromatic heterocycles. The summed E-state index contributed by atoms with van der Waals surface area (Å²) in [4.78, 5) is 29.3. The van der Waals surface area contributed by atoms with Crippen molar-refractivity contribution in [2.45, 2.75) is 19.8 Å². The number of ketones is 1. The van der Waals surface area contributed by atoms with Crippen LogP contribution in [-0.4, -0.2) is 40.2 Å². The quantitative estimate of drug-likeness (QED) is 0.390. The molecule has 0 unspecified atom stereocenters. The molecule has 0 aliphatic carbocycles. The summed E-state index contributed by atoms with van der Waals surface area (Å²) in [6.45, 7) is 3.53. The van der Waals surface area contributed by atoms with Crippen molar-refractivity contribution in [2.24, 2.45) is 0 Å². The van der Waals surface area contributed by atoms with Gasteiger partial charge >= 0.3 is 5.97 Å². The van der Waals surface area contributed by atoms with Crippen LogP contribution < -0.4 is 4.74 Å². The van der Waals surface area contributed by atoms with Crippen molar-refractivity contribution >= 4 is 27.7 Å². The highest BCUT2D eigenvalue weighted by molar-refractivity contribution is 9.10. The number of halogens is 1. The zero-order chi connectivity index (χ0) is 21.0. The van der Waals surface area contributed by atoms with E-state index in [0.29, 0.717) is 32.9 Å². The van der Waals surface area contributed by atoms with E-state index in [1.165, 1.54) is 6.20 Å². The number of Topliss-reactive ketones (excluding diaryl/α,β-unsaturated/α-hetero) is 1. The summed E-state index contributed by atoms with van der Waals surface area (Å²) in [7, 11) is 1.54. The minimum absolute atomic E-state index is 0.00435. The van der Waals surface area contributed by atoms with Crippen LogP contribution in [0.4, 0.5) is 0 Å². The summed E-state index contributed by atoms with van der Waals surface area (Å²) >= 11 is 3.34. The Morgan fingerprint density at radius 1 is 1.21 bits per heavy atom. The highest BCUT2D eigenvalue weighted by Gasteiger charge is 2.23. The maximum absolute atomic E-state index is 12.6. The topological polar surface area (TPSA) is 83.3 Å². The molecule has 29 heavy (non-hydrogen) atoms. The SMILES string of the molecule is COc1ccc(C(=O)COC(=O)c2cnn(-c3ccccn3)c2C(C)C)cc1Br. The van der Waals surface area contributed by atoms with Crippen LogP contribution in [0.2, 0.25) is 0 Å². The Labute approximate surface area is 176 Å². The van der Waals surface area contributed by atoms with Crippen molar-refractivity contribution < 1.29 is 19.1 Å². The van der Waals surface area contributed by atoms with E-state index >= 15 is 0 Å². The van der Waals surface area contributed by atoms with E-state index in [0.717, 1.165) is 0 Å². The highest BCUT2D eigenvalue weighted by Crippen LogP contribution is 2.26. The number of carbonyl (C=O) groups is 2. The standard InChI is InChI=1S/C21H20BrN3O4/c1-13(2)20-15(11-24-25(20)19-6-4-5-9-23-19)21(27)29-12-17(26)14-7-8-18(28-3)16(22)10-14/h4-11,13H,12H2,1-3H3. The van der Waals surface area contributed by atoms with Gasteiger partial charge in [0.25, 0.3) is 0 Å². The van der Waals surface area contributed by atoms with Gasteiger partial charge < -0.3 is 9.47 Å². The maximum atomic E-state index is 12.6. The van der Waals surface area contributed by atoms with Crippen LogP contribution in [0.3, 0.4) is 0 Å². The Balaban J connectivity index is 1.77. The third-order valence-corrected chi connectivity index (χ3v) is 4.87. The normalized spacial score (nSPS) is 10.8. The van der Waals surface area contributed by atoms with Crippen LogP contribution in [0.15, 0.2) is 53.3 Å². The van der Waals surface area contributed by atoms with E-state index in [4.69, 9.17) is 9.47 Å². The highest BCUT2D eigenvalue weighted by atomic mass is 79.9. The van der Waals surface area contributed by atoms with Crippen LogP contribution in [0, 0.1) is 0 Å². The lowest BCUT2D eigenvalue weighted by molar-refractivity contribution is 0.0473. The van der Waals surface area contributed by atoms with E-state index < -0.39 is 5.97 Å². The third kappa shape index (κ3) is 4.54. The number of esters is 1. The minimum atomic E-state index is -0.600. The molecule has 0 amide bonds. The molecular weight excluding hydrogens is 438 g/mol. The average molecular weight is 458 g/mol. The van der Waals surface area contributed by atoms with E-state index in [2.05, 4.69) is 26.0 Å². The summed E-state index contributed by atoms with van der Waals surface area (Å²) in [6, 6.07) is 10.4. The molecule has 0 radical (unpaired) electrons. The molecular formula is C21H20BrN3O4. The second-order valence-corrected chi connectivity index (χ2v) is 7.40. The number of pyridine rings is 1. The van der Waals surface area contributed by atoms with Crippen molar-refractivity contribution in [1.82, 2.24) is 14.8 Å². The van der Waals surface area contributed by atoms with Gasteiger partial charge in [0.15, 0.2) is 18.2 Å². The van der Waals surface area contributed by atoms with Gasteiger partial charge in [-0.05, 0) is 52.2 Å². The number of aromatic nitrogens is 3. The minimum Gasteiger partial charge on any atom is -0.496 e. The van der Waals surface area contributed by atoms with Crippen molar-refractivity contribution in [3.05, 3.63) is 70.1 Å². The Bertz CT molecular complexity index is 1030. The number of benzene rings is 1. The van der Waals surface area contributed by atoms with Crippen LogP contribution in [-0.2, 0) is 4.74 Å². The van der Waals surface area contributed by atoms with Gasteiger partial charge in [0.1, 0.15) is 11.3 Å². The number of hydrogen-bond acceptors (Lipinski definition) is 6. The number of methoxy groups -OCH3 is 1. The molecule has 0 atom stereocenters. The average Bonchev–Trinajstić information content (AvgIpc) is 3.18. The predicted molar refractivity (Wildman–Crippen MR) is 111 cm³/mol. The van der Waals surface area contributed by atoms with E-state index in [9.17, 15) is 9.59 Å². The lowest BCUT2D eigenvalue weighted by Crippen LogP contribution is -2.16. The number of rotatable bonds is 7. The van der Waals surface area contributed by atoms with Crippen LogP contribution in [0.5, 0.6) is 5.75 Å². The molecule has 3 aromatic rings. The Morgan fingerprint density at radius 3 is 2.62 bits per heavy atom. The summed E-state index contributed by atoms with van der Waals surface area (Å²) in [5, 5.41) is 4.29. The van der Waals surface area contributed by atoms with Gasteiger partial charge in [-0.3, -0.25) is 4.79 Å². The second kappa shape index (κ2) is 9.00. The van der Waals surface area contributed by atoms with Crippen molar-refractivity contribution in [2.75, 3.05) is 13.7 Å². The van der Waals surface area contributed by atoms with E-state index in [1.807, 2.05) is 19.9 Å². The van der Waals surface area contributed by atoms with Crippen LogP contribution in [0.1, 0.15) is 46.2 Å². The molecule has 0 saturated heterocycles. The van der Waals surface area contributed by atoms with Crippen LogP contribution in [0.25, 0.3) is 5.82 Å². The molecule has 150 valence electrons. The summed E-state index contributed by atoms with van der Waals surface area (Å²) in [5.74, 6) is 0.300. The first-order valence-corrected chi connectivity index (χ1v) is 9.74. The summed E-state index contributed by atoms with van der Waals surface area (Å²) in [6.07, 6.45) is 3.10. The maximum Gasteiger partial charge on any atom is 0.342 e. The smallest absolute Gasteiger partial charge is 0.342 e. The predicted octanol–water partition coefficient (Wildman–Crippen LogP) is 4.20. The molecule has 7 nitrogen and oxygen atoms in total. The Kier molecular flexibility index (Phi) is 6.43. The lowest BCUT2D eigenvalue weighted by atomic mass is 10.1. The molecule has 0 bridgehead atoms. The first-order valence-electron chi connectivity index (χ1n) is 8.95. The molecule has 3 rings (SSSR count). The summed E-state index contributed by atoms with van der Waals surface area (Å²) < 4.78 is 12.7. The van der Waals surface area contributed by atoms with Gasteiger partial charge in [-0.2, -0.15) is 5.10 Å². The number of ether oxygens (including phenoxy) is 2. The van der Waals surface area contributed by atoms with Gasteiger partial charge in [-0.25, -0.2) is 14.5 Å². The van der Waals surface area contributed by atoms with Gasteiger partial charge in [0.2, 0.25) is 0 Å². The van der Waals surface area contributed by atoms with Crippen LogP contribution >= 0.6 is 15.9 Å². The van der Waals surface area contributed by atoms with Gasteiger partial charge in [-0.1, -0.05) is 19.9 Å². The number of carbonyl (C=O) groups excluding carboxylic acids is 2. The molecule has 0 spiro atoms. The fourth-order valence-electron chi connectivity index (χ4n) is 2.86. The molecule has 8 heteroatoms. The molecule has 0 saturated carbocycles. The molecule has 0 N–H and O–H groups in total. The fourth-order valence-corrected chi connectivity index (χ4v) is 3.41. The third-order valence-electron chi connectivity index (χ3n) is 4.25. The molecule has 2 heterocycles. The molecule has 0 aliphatic rings. The summed E-state index contributed by atoms with van der Waals surface area (Å²) in [5.41, 5.74) is 1.40. The van der Waals surface area contributed by atoms with Crippen molar-refractivity contribution in [3.8, 4) is 11.6 Å². The largest absolute Gasteiger partial charge is 0.496 e. The first-order chi connectivity index (χ1) is 13.9. The van der Waals surface area contributed by atoms with Gasteiger partial charge in [-0.15, -0.1) is 0 Å². The first kappa shape index (κ1) is 20.7. The monoisotopic (exact) mass is 457 g/mol. The number of nitrogens with zero attached hydrogens (tertiary/aromatic N) is 3. The molecule has 1 aromatic carbocycles. The Hall–Kier alpha value is -3.00. The zero-order valence-corrected chi connectivity index (χ0v) is 17.8. The fraction of sp³-hybridized carbons (Fsp3) is 0.238. The van der Waals surface area contributed by atoms with Gasteiger partial charge in [0.05, 0.1) is 23.5 Å². The van der Waals surface area contributed by atoms with E-state index in [1.54, 1.807) is 48.3 Å². The molecule has 0 aliphatic heterocycles.